The van der Waals surface area contributed by atoms with E-state index in [2.05, 4.69) is 16.2 Å². The number of benzene rings is 1. The summed E-state index contributed by atoms with van der Waals surface area (Å²) in [6.45, 7) is 1.24. The minimum Gasteiger partial charge on any atom is -0.307 e. The minimum absolute atomic E-state index is 0.165. The van der Waals surface area contributed by atoms with Crippen molar-refractivity contribution in [3.05, 3.63) is 30.3 Å². The number of anilines is 1. The predicted octanol–water partition coefficient (Wildman–Crippen LogP) is 2.26. The van der Waals surface area contributed by atoms with Crippen LogP contribution < -0.4 is 5.32 Å². The van der Waals surface area contributed by atoms with E-state index >= 15 is 0 Å². The van der Waals surface area contributed by atoms with Gasteiger partial charge in [-0.25, -0.2) is 4.79 Å². The van der Waals surface area contributed by atoms with E-state index in [-0.39, 0.29) is 6.03 Å². The smallest absolute Gasteiger partial charge is 0.307 e. The molecule has 0 fully saturated rings. The Morgan fingerprint density at radius 3 is 3.00 bits per heavy atom. The highest BCUT2D eigenvalue weighted by Gasteiger charge is 2.23. The van der Waals surface area contributed by atoms with E-state index in [0.717, 1.165) is 5.69 Å². The molecule has 1 heterocycles. The number of terminal acetylenes is 1. The third-order valence-corrected chi connectivity index (χ3v) is 3.28. The quantitative estimate of drug-likeness (QED) is 0.828. The molecule has 0 atom stereocenters. The van der Waals surface area contributed by atoms with Crippen molar-refractivity contribution in [2.24, 2.45) is 4.99 Å². The maximum atomic E-state index is 12.1. The fraction of sp³-hybridized carbons (Fsp3) is 0.231. The zero-order valence-electron chi connectivity index (χ0n) is 9.80. The van der Waals surface area contributed by atoms with E-state index in [1.54, 1.807) is 4.90 Å². The van der Waals surface area contributed by atoms with Crippen LogP contribution in [0.25, 0.3) is 0 Å². The summed E-state index contributed by atoms with van der Waals surface area (Å²) >= 11 is 1.41. The van der Waals surface area contributed by atoms with Crippen LogP contribution in [-0.2, 0) is 0 Å². The van der Waals surface area contributed by atoms with Crippen LogP contribution in [0.3, 0.4) is 0 Å². The number of carbonyl (C=O) groups excluding carboxylic acids is 1. The van der Waals surface area contributed by atoms with Gasteiger partial charge in [0, 0.05) is 12.2 Å². The Kier molecular flexibility index (Phi) is 4.26. The van der Waals surface area contributed by atoms with E-state index in [4.69, 9.17) is 6.42 Å². The first-order chi connectivity index (χ1) is 8.81. The maximum absolute atomic E-state index is 12.1. The molecule has 0 saturated carbocycles. The molecule has 0 bridgehead atoms. The minimum atomic E-state index is -0.165. The van der Waals surface area contributed by atoms with Crippen LogP contribution in [-0.4, -0.2) is 34.9 Å². The summed E-state index contributed by atoms with van der Waals surface area (Å²) in [7, 11) is 0. The van der Waals surface area contributed by atoms with Crippen molar-refractivity contribution in [3.63, 3.8) is 0 Å². The molecule has 92 valence electrons. The number of nitrogens with one attached hydrogen (secondary N) is 1. The Hall–Kier alpha value is -1.93. The van der Waals surface area contributed by atoms with Crippen molar-refractivity contribution in [3.8, 4) is 12.3 Å². The molecule has 0 radical (unpaired) electrons. The Labute approximate surface area is 110 Å². The molecule has 0 aromatic heterocycles. The first-order valence-corrected chi connectivity index (χ1v) is 6.54. The average molecular weight is 259 g/mol. The molecule has 1 aromatic carbocycles. The number of hydrogen-bond acceptors (Lipinski definition) is 3. The number of thioether (sulfide) groups is 1. The first kappa shape index (κ1) is 12.5. The maximum Gasteiger partial charge on any atom is 0.327 e. The van der Waals surface area contributed by atoms with Crippen LogP contribution in [0, 0.1) is 12.3 Å². The number of amidine groups is 1. The lowest BCUT2D eigenvalue weighted by molar-refractivity contribution is 0.237. The van der Waals surface area contributed by atoms with Crippen molar-refractivity contribution in [2.75, 3.05) is 24.2 Å². The lowest BCUT2D eigenvalue weighted by Crippen LogP contribution is -2.36. The monoisotopic (exact) mass is 259 g/mol. The number of amides is 2. The van der Waals surface area contributed by atoms with E-state index in [9.17, 15) is 4.79 Å². The molecule has 2 amide bonds. The van der Waals surface area contributed by atoms with E-state index in [1.807, 2.05) is 30.3 Å². The van der Waals surface area contributed by atoms with Gasteiger partial charge in [-0.05, 0) is 12.1 Å². The summed E-state index contributed by atoms with van der Waals surface area (Å²) in [6, 6.07) is 9.19. The van der Waals surface area contributed by atoms with Crippen LogP contribution in [0.5, 0.6) is 0 Å². The summed E-state index contributed by atoms with van der Waals surface area (Å²) in [5, 5.41) is 3.53. The number of nitrogens with zero attached hydrogens (tertiary/aromatic N) is 2. The van der Waals surface area contributed by atoms with Gasteiger partial charge in [0.05, 0.1) is 12.3 Å². The first-order valence-electron chi connectivity index (χ1n) is 5.55. The van der Waals surface area contributed by atoms with Gasteiger partial charge in [-0.3, -0.25) is 9.89 Å². The van der Waals surface area contributed by atoms with Crippen molar-refractivity contribution < 1.29 is 4.79 Å². The lowest BCUT2D eigenvalue weighted by atomic mass is 10.3. The van der Waals surface area contributed by atoms with Gasteiger partial charge in [0.15, 0.2) is 5.17 Å². The van der Waals surface area contributed by atoms with E-state index in [1.165, 1.54) is 11.8 Å². The van der Waals surface area contributed by atoms with Gasteiger partial charge in [0.1, 0.15) is 0 Å². The molecule has 0 saturated heterocycles. The summed E-state index contributed by atoms with van der Waals surface area (Å²) in [5.74, 6) is 3.05. The highest BCUT2D eigenvalue weighted by molar-refractivity contribution is 8.14. The fourth-order valence-corrected chi connectivity index (χ4v) is 2.28. The molecule has 1 aliphatic rings. The number of para-hydroxylation sites is 1. The van der Waals surface area contributed by atoms with Crippen LogP contribution in [0.2, 0.25) is 0 Å². The lowest BCUT2D eigenvalue weighted by Gasteiger charge is -2.17. The van der Waals surface area contributed by atoms with Gasteiger partial charge in [-0.2, -0.15) is 0 Å². The normalized spacial score (nSPS) is 13.9. The highest BCUT2D eigenvalue weighted by atomic mass is 32.2. The van der Waals surface area contributed by atoms with E-state index < -0.39 is 0 Å². The molecule has 5 heteroatoms. The molecular weight excluding hydrogens is 246 g/mol. The number of rotatable bonds is 2. The Morgan fingerprint density at radius 2 is 2.28 bits per heavy atom. The molecule has 1 N–H and O–H groups in total. The number of aliphatic imine (C=N–C) groups is 1. The molecule has 2 rings (SSSR count). The Morgan fingerprint density at radius 1 is 1.50 bits per heavy atom. The average Bonchev–Trinajstić information content (AvgIpc) is 2.86. The second-order valence-electron chi connectivity index (χ2n) is 3.60. The summed E-state index contributed by atoms with van der Waals surface area (Å²) in [4.78, 5) is 17.9. The van der Waals surface area contributed by atoms with Crippen molar-refractivity contribution >= 4 is 28.6 Å². The summed E-state index contributed by atoms with van der Waals surface area (Å²) in [6.07, 6.45) is 5.21. The molecule has 1 aromatic rings. The van der Waals surface area contributed by atoms with Gasteiger partial charge in [-0.15, -0.1) is 6.42 Å². The van der Waals surface area contributed by atoms with E-state index in [0.29, 0.717) is 24.0 Å². The summed E-state index contributed by atoms with van der Waals surface area (Å²) in [5.41, 5.74) is 0.774. The van der Waals surface area contributed by atoms with Gasteiger partial charge < -0.3 is 5.32 Å². The Bertz CT molecular complexity index is 493. The van der Waals surface area contributed by atoms with Crippen molar-refractivity contribution in [1.29, 1.82) is 0 Å². The van der Waals surface area contributed by atoms with Crippen molar-refractivity contribution in [2.45, 2.75) is 0 Å². The zero-order chi connectivity index (χ0) is 12.8. The molecule has 0 aliphatic carbocycles. The third-order valence-electron chi connectivity index (χ3n) is 2.36. The zero-order valence-corrected chi connectivity index (χ0v) is 10.6. The largest absolute Gasteiger partial charge is 0.327 e. The number of hydrogen-bond donors (Lipinski definition) is 1. The SMILES string of the molecule is C#CCSC1=NCCN1C(=O)Nc1ccccc1. The molecule has 0 unspecified atom stereocenters. The van der Waals surface area contributed by atoms with Gasteiger partial charge in [0.25, 0.3) is 0 Å². The standard InChI is InChI=1S/C13H13N3OS/c1-2-10-18-13-14-8-9-16(13)12(17)15-11-6-4-3-5-7-11/h1,3-7H,8-10H2,(H,15,17). The van der Waals surface area contributed by atoms with Gasteiger partial charge in [0.2, 0.25) is 0 Å². The van der Waals surface area contributed by atoms with Crippen LogP contribution in [0.15, 0.2) is 35.3 Å². The highest BCUT2D eigenvalue weighted by Crippen LogP contribution is 2.16. The third kappa shape index (κ3) is 3.05. The van der Waals surface area contributed by atoms with Crippen LogP contribution in [0.1, 0.15) is 0 Å². The topological polar surface area (TPSA) is 44.7 Å². The molecule has 18 heavy (non-hydrogen) atoms. The molecule has 0 spiro atoms. The number of carbonyl (C=O) groups is 1. The molecule has 1 aliphatic heterocycles. The molecular formula is C13H13N3OS. The van der Waals surface area contributed by atoms with Crippen LogP contribution >= 0.6 is 11.8 Å². The number of urea groups is 1. The predicted molar refractivity (Wildman–Crippen MR) is 75.8 cm³/mol. The Balaban J connectivity index is 1.97. The second kappa shape index (κ2) is 6.12. The van der Waals surface area contributed by atoms with Crippen molar-refractivity contribution in [1.82, 2.24) is 4.90 Å². The second-order valence-corrected chi connectivity index (χ2v) is 4.55. The molecule has 4 nitrogen and oxygen atoms in total. The fourth-order valence-electron chi connectivity index (χ4n) is 1.56. The summed E-state index contributed by atoms with van der Waals surface area (Å²) < 4.78 is 0. The van der Waals surface area contributed by atoms with Gasteiger partial charge in [-0.1, -0.05) is 35.9 Å². The van der Waals surface area contributed by atoms with Gasteiger partial charge >= 0.3 is 6.03 Å². The van der Waals surface area contributed by atoms with Crippen LogP contribution in [0.4, 0.5) is 10.5 Å².